The fourth-order valence-corrected chi connectivity index (χ4v) is 6.98. The summed E-state index contributed by atoms with van der Waals surface area (Å²) in [5, 5.41) is 6.05. The predicted molar refractivity (Wildman–Crippen MR) is 192 cm³/mol. The number of amides is 4. The van der Waals surface area contributed by atoms with Crippen molar-refractivity contribution in [3.63, 3.8) is 0 Å². The molecule has 2 saturated heterocycles. The van der Waals surface area contributed by atoms with Crippen LogP contribution in [0.3, 0.4) is 0 Å². The van der Waals surface area contributed by atoms with Crippen LogP contribution in [0.4, 0.5) is 11.4 Å². The van der Waals surface area contributed by atoms with Gasteiger partial charge in [-0.1, -0.05) is 98.8 Å². The first-order valence-electron chi connectivity index (χ1n) is 17.2. The van der Waals surface area contributed by atoms with Gasteiger partial charge in [0.1, 0.15) is 12.1 Å². The lowest BCUT2D eigenvalue weighted by Gasteiger charge is -2.27. The van der Waals surface area contributed by atoms with Crippen LogP contribution in [0.2, 0.25) is 0 Å². The molecule has 0 saturated carbocycles. The van der Waals surface area contributed by atoms with Crippen LogP contribution in [0.1, 0.15) is 61.8 Å². The Morgan fingerprint density at radius 2 is 0.939 bits per heavy atom. The van der Waals surface area contributed by atoms with E-state index in [1.165, 1.54) is 0 Å². The Hall–Kier alpha value is -5.24. The predicted octanol–water partition coefficient (Wildman–Crippen LogP) is 6.36. The maximum Gasteiger partial charge on any atom is 0.247 e. The molecule has 4 aromatic rings. The van der Waals surface area contributed by atoms with Gasteiger partial charge in [0.2, 0.25) is 23.6 Å². The van der Waals surface area contributed by atoms with Gasteiger partial charge in [0.25, 0.3) is 0 Å². The third-order valence-electron chi connectivity index (χ3n) is 9.90. The summed E-state index contributed by atoms with van der Waals surface area (Å²) in [6, 6.07) is 34.0. The number of hydrogen-bond acceptors (Lipinski definition) is 4. The van der Waals surface area contributed by atoms with Crippen molar-refractivity contribution in [1.82, 2.24) is 9.80 Å². The number of anilines is 2. The maximum absolute atomic E-state index is 13.2. The summed E-state index contributed by atoms with van der Waals surface area (Å²) >= 11 is 0. The Kier molecular flexibility index (Phi) is 10.2. The molecule has 2 aliphatic rings. The highest BCUT2D eigenvalue weighted by atomic mass is 16.2. The first-order valence-corrected chi connectivity index (χ1v) is 17.2. The van der Waals surface area contributed by atoms with Gasteiger partial charge in [0.15, 0.2) is 0 Å². The third-order valence-corrected chi connectivity index (χ3v) is 9.90. The lowest BCUT2D eigenvalue weighted by Crippen LogP contribution is -2.43. The number of hydrogen-bond donors (Lipinski definition) is 2. The van der Waals surface area contributed by atoms with Gasteiger partial charge in [-0.2, -0.15) is 0 Å². The van der Waals surface area contributed by atoms with Gasteiger partial charge in [0.05, 0.1) is 12.8 Å². The summed E-state index contributed by atoms with van der Waals surface area (Å²) in [4.78, 5) is 55.9. The Labute approximate surface area is 288 Å². The van der Waals surface area contributed by atoms with Crippen molar-refractivity contribution in [3.05, 3.63) is 131 Å². The smallest absolute Gasteiger partial charge is 0.247 e. The van der Waals surface area contributed by atoms with Crippen molar-refractivity contribution >= 4 is 35.0 Å². The van der Waals surface area contributed by atoms with Gasteiger partial charge >= 0.3 is 0 Å². The van der Waals surface area contributed by atoms with Crippen LogP contribution >= 0.6 is 0 Å². The number of nitrogens with zero attached hydrogens (tertiary/aromatic N) is 2. The van der Waals surface area contributed by atoms with Crippen LogP contribution < -0.4 is 10.6 Å². The molecule has 0 bridgehead atoms. The van der Waals surface area contributed by atoms with Crippen LogP contribution in [-0.4, -0.2) is 58.6 Å². The maximum atomic E-state index is 13.2. The van der Waals surface area contributed by atoms with Crippen LogP contribution in [0.15, 0.2) is 109 Å². The first kappa shape index (κ1) is 33.7. The van der Waals surface area contributed by atoms with Crippen molar-refractivity contribution in [3.8, 4) is 0 Å². The molecule has 8 nitrogen and oxygen atoms in total. The molecule has 0 unspecified atom stereocenters. The average molecular weight is 657 g/mol. The molecule has 252 valence electrons. The zero-order valence-electron chi connectivity index (χ0n) is 28.2. The van der Waals surface area contributed by atoms with Gasteiger partial charge in [-0.05, 0) is 72.2 Å². The quantitative estimate of drug-likeness (QED) is 0.208. The lowest BCUT2D eigenvalue weighted by molar-refractivity contribution is -0.136. The molecule has 2 heterocycles. The molecule has 4 aromatic carbocycles. The lowest BCUT2D eigenvalue weighted by atomic mass is 9.78. The van der Waals surface area contributed by atoms with E-state index in [9.17, 15) is 19.2 Å². The van der Waals surface area contributed by atoms with E-state index < -0.39 is 12.1 Å². The zero-order chi connectivity index (χ0) is 34.4. The molecule has 8 heteroatoms. The monoisotopic (exact) mass is 656 g/mol. The van der Waals surface area contributed by atoms with Crippen LogP contribution in [0.25, 0.3) is 0 Å². The van der Waals surface area contributed by atoms with E-state index in [1.54, 1.807) is 9.80 Å². The third kappa shape index (κ3) is 7.91. The average Bonchev–Trinajstić information content (AvgIpc) is 3.81. The van der Waals surface area contributed by atoms with Gasteiger partial charge in [0, 0.05) is 29.9 Å². The van der Waals surface area contributed by atoms with Crippen molar-refractivity contribution in [1.29, 1.82) is 0 Å². The molecule has 0 aromatic heterocycles. The normalized spacial score (nSPS) is 17.5. The van der Waals surface area contributed by atoms with E-state index in [0.29, 0.717) is 37.3 Å². The Morgan fingerprint density at radius 3 is 1.31 bits per heavy atom. The Morgan fingerprint density at radius 1 is 0.571 bits per heavy atom. The molecule has 49 heavy (non-hydrogen) atoms. The summed E-state index contributed by atoms with van der Waals surface area (Å²) in [6.07, 6.45) is 3.50. The SMILES string of the molecule is CC(C)(c1ccc(NC(=O)[C@@H]2CCCN2C(=O)Cc2ccccc2)cc1)c1ccc(NC(=O)[C@@H]2CCCN2C(=O)Cc2ccccc2)cc1. The summed E-state index contributed by atoms with van der Waals surface area (Å²) < 4.78 is 0. The molecule has 0 aliphatic carbocycles. The minimum absolute atomic E-state index is 0.0269. The minimum atomic E-state index is -0.474. The molecule has 2 fully saturated rings. The molecule has 4 amide bonds. The molecule has 0 spiro atoms. The second kappa shape index (κ2) is 14.9. The van der Waals surface area contributed by atoms with Crippen molar-refractivity contribution in [2.24, 2.45) is 0 Å². The Balaban J connectivity index is 1.04. The number of carbonyl (C=O) groups is 4. The number of rotatable bonds is 10. The van der Waals surface area contributed by atoms with E-state index in [2.05, 4.69) is 24.5 Å². The number of carbonyl (C=O) groups excluding carboxylic acids is 4. The van der Waals surface area contributed by atoms with Gasteiger partial charge < -0.3 is 20.4 Å². The number of likely N-dealkylation sites (tertiary alicyclic amines) is 2. The van der Waals surface area contributed by atoms with E-state index in [4.69, 9.17) is 0 Å². The fourth-order valence-electron chi connectivity index (χ4n) is 6.98. The van der Waals surface area contributed by atoms with Crippen LogP contribution in [0.5, 0.6) is 0 Å². The molecule has 2 N–H and O–H groups in total. The van der Waals surface area contributed by atoms with E-state index in [-0.39, 0.29) is 41.9 Å². The van der Waals surface area contributed by atoms with Crippen molar-refractivity contribution < 1.29 is 19.2 Å². The molecular formula is C41H44N4O4. The van der Waals surface area contributed by atoms with E-state index in [0.717, 1.165) is 35.1 Å². The van der Waals surface area contributed by atoms with Gasteiger partial charge in [-0.3, -0.25) is 19.2 Å². The van der Waals surface area contributed by atoms with Crippen molar-refractivity contribution in [2.45, 2.75) is 69.9 Å². The second-order valence-electron chi connectivity index (χ2n) is 13.6. The summed E-state index contributed by atoms with van der Waals surface area (Å²) in [6.45, 7) is 5.45. The molecule has 0 radical (unpaired) electrons. The highest BCUT2D eigenvalue weighted by Gasteiger charge is 2.35. The van der Waals surface area contributed by atoms with E-state index >= 15 is 0 Å². The second-order valence-corrected chi connectivity index (χ2v) is 13.6. The molecule has 2 atom stereocenters. The molecule has 6 rings (SSSR count). The standard InChI is InChI=1S/C41H44N4O4/c1-41(2,31-17-21-33(22-18-31)42-39(48)35-15-9-25-44(35)37(46)27-29-11-5-3-6-12-29)32-19-23-34(24-20-32)43-40(49)36-16-10-26-45(36)38(47)28-30-13-7-4-8-14-30/h3-8,11-14,17-24,35-36H,9-10,15-16,25-28H2,1-2H3,(H,42,48)(H,43,49)/t35-,36-/m0/s1. The van der Waals surface area contributed by atoms with Crippen LogP contribution in [0, 0.1) is 0 Å². The van der Waals surface area contributed by atoms with Gasteiger partial charge in [-0.25, -0.2) is 0 Å². The summed E-state index contributed by atoms with van der Waals surface area (Å²) in [5.41, 5.74) is 5.06. The fraction of sp³-hybridized carbons (Fsp3) is 0.317. The van der Waals surface area contributed by atoms with Crippen LogP contribution in [-0.2, 0) is 37.4 Å². The highest BCUT2D eigenvalue weighted by Crippen LogP contribution is 2.33. The summed E-state index contributed by atoms with van der Waals surface area (Å²) in [5.74, 6) is -0.378. The largest absolute Gasteiger partial charge is 0.330 e. The Bertz CT molecular complexity index is 1640. The topological polar surface area (TPSA) is 98.8 Å². The minimum Gasteiger partial charge on any atom is -0.330 e. The molecular weight excluding hydrogens is 612 g/mol. The highest BCUT2D eigenvalue weighted by molar-refractivity contribution is 5.98. The van der Waals surface area contributed by atoms with E-state index in [1.807, 2.05) is 109 Å². The molecule has 2 aliphatic heterocycles. The van der Waals surface area contributed by atoms with Crippen molar-refractivity contribution in [2.75, 3.05) is 23.7 Å². The zero-order valence-corrected chi connectivity index (χ0v) is 28.2. The number of nitrogens with one attached hydrogen (secondary N) is 2. The summed E-state index contributed by atoms with van der Waals surface area (Å²) in [7, 11) is 0. The van der Waals surface area contributed by atoms with Gasteiger partial charge in [-0.15, -0.1) is 0 Å². The first-order chi connectivity index (χ1) is 23.7. The number of benzene rings is 4.